The molecular weight excluding hydrogens is 369 g/mol. The van der Waals surface area contributed by atoms with Crippen LogP contribution in [-0.2, 0) is 19.3 Å². The average molecular weight is 383 g/mol. The summed E-state index contributed by atoms with van der Waals surface area (Å²) in [4.78, 5) is 4.11. The number of nitrogens with one attached hydrogen (secondary N) is 1. The van der Waals surface area contributed by atoms with Crippen LogP contribution in [0.2, 0.25) is 0 Å². The number of benzene rings is 1. The van der Waals surface area contributed by atoms with Crippen LogP contribution >= 0.6 is 0 Å². The van der Waals surface area contributed by atoms with Gasteiger partial charge in [-0.15, -0.1) is 0 Å². The first kappa shape index (κ1) is 18.8. The lowest BCUT2D eigenvalue weighted by Crippen LogP contribution is -2.15. The van der Waals surface area contributed by atoms with Gasteiger partial charge in [0.25, 0.3) is 0 Å². The molecule has 3 N–H and O–H groups in total. The van der Waals surface area contributed by atoms with E-state index in [0.29, 0.717) is 11.3 Å². The molecule has 0 spiro atoms. The molecule has 0 radical (unpaired) electrons. The predicted octanol–water partition coefficient (Wildman–Crippen LogP) is 3.25. The third-order valence-electron chi connectivity index (χ3n) is 3.80. The van der Waals surface area contributed by atoms with Gasteiger partial charge in [0.15, 0.2) is 23.0 Å². The van der Waals surface area contributed by atoms with Crippen molar-refractivity contribution >= 4 is 11.3 Å². The molecule has 3 aromatic rings. The SMILES string of the molecule is C=C(NCc1ccc(F)c(F)c1)c1cc(CN)n2nc(C(F)(F)F)cc2n1. The highest BCUT2D eigenvalue weighted by atomic mass is 19.4. The number of halogens is 5. The van der Waals surface area contributed by atoms with Crippen molar-refractivity contribution in [2.75, 3.05) is 0 Å². The molecule has 27 heavy (non-hydrogen) atoms. The third kappa shape index (κ3) is 3.90. The van der Waals surface area contributed by atoms with Gasteiger partial charge in [0.1, 0.15) is 0 Å². The lowest BCUT2D eigenvalue weighted by atomic mass is 10.2. The van der Waals surface area contributed by atoms with Crippen LogP contribution in [0.3, 0.4) is 0 Å². The largest absolute Gasteiger partial charge is 0.435 e. The van der Waals surface area contributed by atoms with Gasteiger partial charge < -0.3 is 11.1 Å². The van der Waals surface area contributed by atoms with Crippen LogP contribution in [-0.4, -0.2) is 14.6 Å². The minimum atomic E-state index is -4.61. The van der Waals surface area contributed by atoms with Gasteiger partial charge in [0.2, 0.25) is 0 Å². The Morgan fingerprint density at radius 1 is 1.15 bits per heavy atom. The Morgan fingerprint density at radius 2 is 1.89 bits per heavy atom. The van der Waals surface area contributed by atoms with Crippen molar-refractivity contribution in [2.24, 2.45) is 5.73 Å². The van der Waals surface area contributed by atoms with Gasteiger partial charge in [-0.3, -0.25) is 0 Å². The fourth-order valence-corrected chi connectivity index (χ4v) is 2.42. The zero-order chi connectivity index (χ0) is 19.8. The maximum absolute atomic E-state index is 13.2. The molecule has 10 heteroatoms. The quantitative estimate of drug-likeness (QED) is 0.664. The molecule has 2 heterocycles. The van der Waals surface area contributed by atoms with E-state index >= 15 is 0 Å². The molecule has 0 fully saturated rings. The van der Waals surface area contributed by atoms with Gasteiger partial charge in [-0.05, 0) is 23.8 Å². The minimum Gasteiger partial charge on any atom is -0.380 e. The van der Waals surface area contributed by atoms with Gasteiger partial charge in [-0.2, -0.15) is 18.3 Å². The Kier molecular flexibility index (Phi) is 4.83. The number of nitrogens with zero attached hydrogens (tertiary/aromatic N) is 3. The van der Waals surface area contributed by atoms with Crippen molar-refractivity contribution in [3.63, 3.8) is 0 Å². The summed E-state index contributed by atoms with van der Waals surface area (Å²) >= 11 is 0. The molecule has 0 atom stereocenters. The zero-order valence-electron chi connectivity index (χ0n) is 13.8. The first-order chi connectivity index (χ1) is 12.7. The second-order valence-electron chi connectivity index (χ2n) is 5.71. The van der Waals surface area contributed by atoms with Crippen LogP contribution in [0.4, 0.5) is 22.0 Å². The lowest BCUT2D eigenvalue weighted by Gasteiger charge is -2.11. The van der Waals surface area contributed by atoms with E-state index in [4.69, 9.17) is 5.73 Å². The van der Waals surface area contributed by atoms with Crippen LogP contribution in [0.1, 0.15) is 22.6 Å². The minimum absolute atomic E-state index is 0.0314. The molecular formula is C17H14F5N5. The first-order valence-corrected chi connectivity index (χ1v) is 7.73. The molecule has 142 valence electrons. The molecule has 5 nitrogen and oxygen atoms in total. The summed E-state index contributed by atoms with van der Waals surface area (Å²) in [6.07, 6.45) is -4.61. The lowest BCUT2D eigenvalue weighted by molar-refractivity contribution is -0.141. The summed E-state index contributed by atoms with van der Waals surface area (Å²) in [7, 11) is 0. The van der Waals surface area contributed by atoms with E-state index in [2.05, 4.69) is 22.0 Å². The van der Waals surface area contributed by atoms with Gasteiger partial charge in [0.05, 0.1) is 17.1 Å². The molecule has 0 bridgehead atoms. The standard InChI is InChI=1S/C17H14F5N5/c1-9(24-8-10-2-3-12(18)13(19)4-10)14-5-11(7-23)27-16(25-14)6-15(26-27)17(20,21)22/h2-6,24H,1,7-8,23H2. The summed E-state index contributed by atoms with van der Waals surface area (Å²) in [6, 6.07) is 5.69. The molecule has 3 rings (SSSR count). The van der Waals surface area contributed by atoms with E-state index in [9.17, 15) is 22.0 Å². The number of hydrogen-bond donors (Lipinski definition) is 2. The Labute approximate surface area is 150 Å². The van der Waals surface area contributed by atoms with Gasteiger partial charge in [0, 0.05) is 19.2 Å². The molecule has 0 aliphatic carbocycles. The number of hydrogen-bond acceptors (Lipinski definition) is 4. The van der Waals surface area contributed by atoms with Crippen molar-refractivity contribution in [1.82, 2.24) is 19.9 Å². The number of nitrogens with two attached hydrogens (primary N) is 1. The van der Waals surface area contributed by atoms with E-state index < -0.39 is 23.5 Å². The summed E-state index contributed by atoms with van der Waals surface area (Å²) in [5.41, 5.74) is 5.80. The highest BCUT2D eigenvalue weighted by Gasteiger charge is 2.34. The molecule has 0 saturated carbocycles. The topological polar surface area (TPSA) is 68.2 Å². The number of alkyl halides is 3. The average Bonchev–Trinajstić information content (AvgIpc) is 3.06. The van der Waals surface area contributed by atoms with Crippen LogP contribution < -0.4 is 11.1 Å². The maximum atomic E-state index is 13.2. The molecule has 0 amide bonds. The first-order valence-electron chi connectivity index (χ1n) is 7.73. The normalized spacial score (nSPS) is 11.8. The summed E-state index contributed by atoms with van der Waals surface area (Å²) in [5, 5.41) is 6.36. The monoisotopic (exact) mass is 383 g/mol. The van der Waals surface area contributed by atoms with Gasteiger partial charge in [-0.25, -0.2) is 18.3 Å². The Hall–Kier alpha value is -3.01. The van der Waals surface area contributed by atoms with Crippen molar-refractivity contribution in [2.45, 2.75) is 19.3 Å². The predicted molar refractivity (Wildman–Crippen MR) is 88.1 cm³/mol. The Balaban J connectivity index is 1.86. The maximum Gasteiger partial charge on any atom is 0.435 e. The molecule has 0 saturated heterocycles. The van der Waals surface area contributed by atoms with E-state index in [1.165, 1.54) is 12.1 Å². The summed E-state index contributed by atoms with van der Waals surface area (Å²) in [5.74, 6) is -1.94. The fourth-order valence-electron chi connectivity index (χ4n) is 2.42. The molecule has 0 unspecified atom stereocenters. The van der Waals surface area contributed by atoms with E-state index in [-0.39, 0.29) is 30.1 Å². The molecule has 0 aliphatic heterocycles. The van der Waals surface area contributed by atoms with Crippen molar-refractivity contribution < 1.29 is 22.0 Å². The summed E-state index contributed by atoms with van der Waals surface area (Å²) in [6.45, 7) is 3.83. The zero-order valence-corrected chi connectivity index (χ0v) is 13.8. The highest BCUT2D eigenvalue weighted by Crippen LogP contribution is 2.29. The summed E-state index contributed by atoms with van der Waals surface area (Å²) < 4.78 is 65.8. The second-order valence-corrected chi connectivity index (χ2v) is 5.71. The second kappa shape index (κ2) is 6.95. The Bertz CT molecular complexity index is 1010. The fraction of sp³-hybridized carbons (Fsp3) is 0.176. The number of rotatable bonds is 5. The van der Waals surface area contributed by atoms with Gasteiger partial charge >= 0.3 is 6.18 Å². The number of aromatic nitrogens is 3. The van der Waals surface area contributed by atoms with Crippen LogP contribution in [0, 0.1) is 11.6 Å². The Morgan fingerprint density at radius 3 is 2.52 bits per heavy atom. The van der Waals surface area contributed by atoms with Crippen molar-refractivity contribution in [1.29, 1.82) is 0 Å². The number of fused-ring (bicyclic) bond motifs is 1. The molecule has 1 aromatic carbocycles. The van der Waals surface area contributed by atoms with E-state index in [1.807, 2.05) is 0 Å². The van der Waals surface area contributed by atoms with Crippen molar-refractivity contribution in [3.05, 3.63) is 71.2 Å². The van der Waals surface area contributed by atoms with E-state index in [0.717, 1.165) is 22.7 Å². The van der Waals surface area contributed by atoms with Crippen LogP contribution in [0.25, 0.3) is 11.3 Å². The highest BCUT2D eigenvalue weighted by molar-refractivity contribution is 5.61. The van der Waals surface area contributed by atoms with Gasteiger partial charge in [-0.1, -0.05) is 12.6 Å². The smallest absolute Gasteiger partial charge is 0.380 e. The van der Waals surface area contributed by atoms with E-state index in [1.54, 1.807) is 0 Å². The third-order valence-corrected chi connectivity index (χ3v) is 3.80. The molecule has 0 aliphatic rings. The van der Waals surface area contributed by atoms with Crippen LogP contribution in [0.5, 0.6) is 0 Å². The molecule has 2 aromatic heterocycles. The van der Waals surface area contributed by atoms with Crippen LogP contribution in [0.15, 0.2) is 36.9 Å². The van der Waals surface area contributed by atoms with Crippen molar-refractivity contribution in [3.8, 4) is 0 Å².